The van der Waals surface area contributed by atoms with Crippen molar-refractivity contribution in [1.29, 1.82) is 0 Å². The zero-order valence-electron chi connectivity index (χ0n) is 12.6. The fraction of sp³-hybridized carbons (Fsp3) is 0.765. The SMILES string of the molecule is CC1=CC2CC(=O)C3C4CCN(C)CCCC23C(=N4)C1. The Kier molecular flexibility index (Phi) is 2.72. The summed E-state index contributed by atoms with van der Waals surface area (Å²) in [5.74, 6) is 1.15. The third kappa shape index (κ3) is 1.56. The molecule has 2 heterocycles. The van der Waals surface area contributed by atoms with Gasteiger partial charge >= 0.3 is 0 Å². The first-order valence-corrected chi connectivity index (χ1v) is 8.07. The van der Waals surface area contributed by atoms with Crippen LogP contribution in [0.4, 0.5) is 0 Å². The molecule has 1 spiro atoms. The van der Waals surface area contributed by atoms with Gasteiger partial charge in [-0.3, -0.25) is 9.79 Å². The standard InChI is InChI=1S/C17H24N2O/c1-11-8-12-10-14(20)16-13-4-7-19(2)6-3-5-17(12,16)15(9-11)18-13/h8,12-13,16H,3-7,9-10H2,1-2H3. The van der Waals surface area contributed by atoms with Gasteiger partial charge in [-0.15, -0.1) is 0 Å². The molecule has 4 aliphatic rings. The lowest BCUT2D eigenvalue weighted by Gasteiger charge is -2.39. The average Bonchev–Trinajstić information content (AvgIpc) is 2.86. The molecule has 0 aromatic heterocycles. The van der Waals surface area contributed by atoms with E-state index in [4.69, 9.17) is 4.99 Å². The second-order valence-corrected chi connectivity index (χ2v) is 7.32. The van der Waals surface area contributed by atoms with Crippen LogP contribution in [0.2, 0.25) is 0 Å². The van der Waals surface area contributed by atoms with E-state index in [1.54, 1.807) is 0 Å². The van der Waals surface area contributed by atoms with E-state index in [2.05, 4.69) is 24.9 Å². The predicted molar refractivity (Wildman–Crippen MR) is 80.0 cm³/mol. The molecule has 4 rings (SSSR count). The lowest BCUT2D eigenvalue weighted by molar-refractivity contribution is -0.122. The Balaban J connectivity index is 1.81. The fourth-order valence-corrected chi connectivity index (χ4v) is 5.30. The van der Waals surface area contributed by atoms with Crippen molar-refractivity contribution in [3.8, 4) is 0 Å². The van der Waals surface area contributed by atoms with Gasteiger partial charge in [-0.05, 0) is 52.2 Å². The van der Waals surface area contributed by atoms with E-state index >= 15 is 0 Å². The Labute approximate surface area is 121 Å². The van der Waals surface area contributed by atoms with Crippen molar-refractivity contribution in [2.75, 3.05) is 20.1 Å². The normalized spacial score (nSPS) is 44.3. The highest BCUT2D eigenvalue weighted by atomic mass is 16.1. The van der Waals surface area contributed by atoms with Crippen molar-refractivity contribution in [2.45, 2.75) is 45.1 Å². The first-order chi connectivity index (χ1) is 9.61. The van der Waals surface area contributed by atoms with Crippen LogP contribution in [0.1, 0.15) is 39.0 Å². The van der Waals surface area contributed by atoms with Gasteiger partial charge in [0.2, 0.25) is 0 Å². The highest BCUT2D eigenvalue weighted by molar-refractivity contribution is 6.04. The monoisotopic (exact) mass is 272 g/mol. The first kappa shape index (κ1) is 12.8. The van der Waals surface area contributed by atoms with Gasteiger partial charge in [0, 0.05) is 24.0 Å². The molecule has 108 valence electrons. The Hall–Kier alpha value is -0.960. The molecule has 0 aromatic rings. The van der Waals surface area contributed by atoms with Crippen molar-refractivity contribution in [3.05, 3.63) is 11.6 Å². The topological polar surface area (TPSA) is 32.7 Å². The van der Waals surface area contributed by atoms with Crippen molar-refractivity contribution in [3.63, 3.8) is 0 Å². The lowest BCUT2D eigenvalue weighted by atomic mass is 9.62. The van der Waals surface area contributed by atoms with Crippen molar-refractivity contribution >= 4 is 11.5 Å². The number of hydrogen-bond donors (Lipinski definition) is 0. The zero-order chi connectivity index (χ0) is 13.9. The van der Waals surface area contributed by atoms with Gasteiger partial charge in [-0.1, -0.05) is 11.6 Å². The molecule has 1 saturated carbocycles. The van der Waals surface area contributed by atoms with Crippen molar-refractivity contribution < 1.29 is 4.79 Å². The number of nitrogens with zero attached hydrogens (tertiary/aromatic N) is 2. The highest BCUT2D eigenvalue weighted by Gasteiger charge is 2.62. The molecule has 2 aliphatic heterocycles. The molecule has 0 aromatic carbocycles. The fourth-order valence-electron chi connectivity index (χ4n) is 5.30. The number of hydrogen-bond acceptors (Lipinski definition) is 3. The van der Waals surface area contributed by atoms with E-state index in [-0.39, 0.29) is 17.4 Å². The first-order valence-electron chi connectivity index (χ1n) is 8.07. The second kappa shape index (κ2) is 4.27. The molecule has 20 heavy (non-hydrogen) atoms. The van der Waals surface area contributed by atoms with E-state index in [9.17, 15) is 4.79 Å². The zero-order valence-corrected chi connectivity index (χ0v) is 12.6. The summed E-state index contributed by atoms with van der Waals surface area (Å²) in [6.45, 7) is 4.45. The molecule has 3 nitrogen and oxygen atoms in total. The molecule has 0 amide bonds. The minimum absolute atomic E-state index is 0.117. The molecule has 2 aliphatic carbocycles. The maximum absolute atomic E-state index is 12.7. The van der Waals surface area contributed by atoms with Crippen LogP contribution in [-0.4, -0.2) is 42.6 Å². The summed E-state index contributed by atoms with van der Waals surface area (Å²) < 4.78 is 0. The smallest absolute Gasteiger partial charge is 0.139 e. The summed E-state index contributed by atoms with van der Waals surface area (Å²) in [5, 5.41) is 0. The van der Waals surface area contributed by atoms with Crippen LogP contribution in [0.15, 0.2) is 16.6 Å². The van der Waals surface area contributed by atoms with Gasteiger partial charge in [0.1, 0.15) is 5.78 Å². The Bertz CT molecular complexity index is 521. The van der Waals surface area contributed by atoms with E-state index in [1.807, 2.05) is 0 Å². The second-order valence-electron chi connectivity index (χ2n) is 7.32. The Morgan fingerprint density at radius 3 is 3.10 bits per heavy atom. The van der Waals surface area contributed by atoms with Crippen LogP contribution < -0.4 is 0 Å². The maximum Gasteiger partial charge on any atom is 0.139 e. The molecule has 3 heteroatoms. The summed E-state index contributed by atoms with van der Waals surface area (Å²) in [5.41, 5.74) is 2.92. The van der Waals surface area contributed by atoms with E-state index < -0.39 is 0 Å². The molecular weight excluding hydrogens is 248 g/mol. The summed E-state index contributed by atoms with van der Waals surface area (Å²) in [7, 11) is 2.20. The lowest BCUT2D eigenvalue weighted by Crippen LogP contribution is -2.41. The summed E-state index contributed by atoms with van der Waals surface area (Å²) in [6, 6.07) is 0.266. The van der Waals surface area contributed by atoms with E-state index in [1.165, 1.54) is 17.7 Å². The van der Waals surface area contributed by atoms with Crippen LogP contribution in [-0.2, 0) is 4.79 Å². The van der Waals surface area contributed by atoms with E-state index in [0.29, 0.717) is 11.7 Å². The van der Waals surface area contributed by atoms with E-state index in [0.717, 1.165) is 38.8 Å². The summed E-state index contributed by atoms with van der Waals surface area (Å²) in [4.78, 5) is 20.1. The molecular formula is C17H24N2O. The van der Waals surface area contributed by atoms with Crippen LogP contribution >= 0.6 is 0 Å². The van der Waals surface area contributed by atoms with Gasteiger partial charge in [0.05, 0.1) is 12.0 Å². The molecule has 1 saturated heterocycles. The number of allylic oxidation sites excluding steroid dienone is 2. The molecule has 2 bridgehead atoms. The Morgan fingerprint density at radius 1 is 1.40 bits per heavy atom. The van der Waals surface area contributed by atoms with Gasteiger partial charge < -0.3 is 4.90 Å². The van der Waals surface area contributed by atoms with Crippen LogP contribution in [0.5, 0.6) is 0 Å². The average molecular weight is 272 g/mol. The predicted octanol–water partition coefficient (Wildman–Crippen LogP) is 2.47. The molecule has 0 radical (unpaired) electrons. The van der Waals surface area contributed by atoms with Crippen LogP contribution in [0.25, 0.3) is 0 Å². The van der Waals surface area contributed by atoms with Gasteiger partial charge in [-0.25, -0.2) is 0 Å². The number of Topliss-reactive ketones (excluding diaryl/α,β-unsaturated/α-hetero) is 1. The highest BCUT2D eigenvalue weighted by Crippen LogP contribution is 2.59. The number of carbonyl (C=O) groups is 1. The molecule has 4 atom stereocenters. The Morgan fingerprint density at radius 2 is 2.25 bits per heavy atom. The minimum atomic E-state index is 0.117. The minimum Gasteiger partial charge on any atom is -0.306 e. The molecule has 2 fully saturated rings. The van der Waals surface area contributed by atoms with Crippen molar-refractivity contribution in [1.82, 2.24) is 4.90 Å². The third-order valence-corrected chi connectivity index (χ3v) is 6.10. The van der Waals surface area contributed by atoms with Gasteiger partial charge in [0.15, 0.2) is 0 Å². The summed E-state index contributed by atoms with van der Waals surface area (Å²) in [6.07, 6.45) is 7.62. The van der Waals surface area contributed by atoms with Crippen LogP contribution in [0, 0.1) is 17.3 Å². The number of ketones is 1. The van der Waals surface area contributed by atoms with Gasteiger partial charge in [-0.2, -0.15) is 0 Å². The van der Waals surface area contributed by atoms with Crippen molar-refractivity contribution in [2.24, 2.45) is 22.2 Å². The molecule has 4 unspecified atom stereocenters. The molecule has 0 N–H and O–H groups in total. The largest absolute Gasteiger partial charge is 0.306 e. The number of aliphatic imine (C=N–C) groups is 1. The number of carbonyl (C=O) groups excluding carboxylic acids is 1. The van der Waals surface area contributed by atoms with Gasteiger partial charge in [0.25, 0.3) is 0 Å². The quantitative estimate of drug-likeness (QED) is 0.635. The van der Waals surface area contributed by atoms with Crippen LogP contribution in [0.3, 0.4) is 0 Å². The maximum atomic E-state index is 12.7. The summed E-state index contributed by atoms with van der Waals surface area (Å²) >= 11 is 0. The third-order valence-electron chi connectivity index (χ3n) is 6.10. The number of rotatable bonds is 0.